The van der Waals surface area contributed by atoms with Gasteiger partial charge in [0.2, 0.25) is 11.7 Å². The van der Waals surface area contributed by atoms with E-state index in [0.717, 1.165) is 11.1 Å². The monoisotopic (exact) mass is 386 g/mol. The van der Waals surface area contributed by atoms with Gasteiger partial charge in [-0.2, -0.15) is 0 Å². The van der Waals surface area contributed by atoms with Crippen LogP contribution in [0.3, 0.4) is 0 Å². The van der Waals surface area contributed by atoms with Crippen molar-refractivity contribution < 1.29 is 19.0 Å². The molecule has 1 atom stereocenters. The summed E-state index contributed by atoms with van der Waals surface area (Å²) in [6, 6.07) is 13.7. The molecule has 0 heterocycles. The Balaban J connectivity index is 1.92. The molecule has 6 nitrogen and oxygen atoms in total. The molecule has 1 N–H and O–H groups in total. The Hall–Kier alpha value is -2.73. The van der Waals surface area contributed by atoms with E-state index in [0.29, 0.717) is 36.8 Å². The van der Waals surface area contributed by atoms with E-state index >= 15 is 0 Å². The van der Waals surface area contributed by atoms with E-state index in [1.165, 1.54) is 0 Å². The normalized spacial score (nSPS) is 11.8. The molecule has 2 aromatic rings. The lowest BCUT2D eigenvalue weighted by Gasteiger charge is -2.21. The lowest BCUT2D eigenvalue weighted by molar-refractivity contribution is -0.122. The molecule has 152 valence electrons. The Morgan fingerprint density at radius 3 is 2.29 bits per heavy atom. The van der Waals surface area contributed by atoms with E-state index < -0.39 is 0 Å². The van der Waals surface area contributed by atoms with Crippen molar-refractivity contribution in [2.24, 2.45) is 0 Å². The molecule has 28 heavy (non-hydrogen) atoms. The minimum Gasteiger partial charge on any atom is -0.493 e. The van der Waals surface area contributed by atoms with Crippen LogP contribution in [0.4, 0.5) is 0 Å². The first-order chi connectivity index (χ1) is 13.5. The summed E-state index contributed by atoms with van der Waals surface area (Å²) in [4.78, 5) is 14.4. The van der Waals surface area contributed by atoms with E-state index in [-0.39, 0.29) is 11.9 Å². The Labute approximate surface area is 167 Å². The zero-order valence-electron chi connectivity index (χ0n) is 17.3. The van der Waals surface area contributed by atoms with Gasteiger partial charge < -0.3 is 24.4 Å². The first kappa shape index (κ1) is 21.6. The van der Waals surface area contributed by atoms with Crippen LogP contribution in [0.5, 0.6) is 17.2 Å². The predicted octanol–water partition coefficient (Wildman–Crippen LogP) is 3.41. The molecule has 1 unspecified atom stereocenters. The van der Waals surface area contributed by atoms with Crippen LogP contribution in [0.25, 0.3) is 0 Å². The molecule has 2 aromatic carbocycles. The molecule has 6 heteroatoms. The number of benzene rings is 2. The SMILES string of the molecule is COc1ccc(CN(C)CCC(=O)NC(C)c2ccccc2)c(OC)c1OC. The lowest BCUT2D eigenvalue weighted by atomic mass is 10.1. The fourth-order valence-corrected chi connectivity index (χ4v) is 3.09. The van der Waals surface area contributed by atoms with Gasteiger partial charge >= 0.3 is 0 Å². The van der Waals surface area contributed by atoms with Gasteiger partial charge in [0.05, 0.1) is 27.4 Å². The molecule has 0 spiro atoms. The molecule has 0 radical (unpaired) electrons. The molecule has 1 amide bonds. The van der Waals surface area contributed by atoms with Crippen LogP contribution in [0.15, 0.2) is 42.5 Å². The average molecular weight is 386 g/mol. The first-order valence-corrected chi connectivity index (χ1v) is 9.30. The number of carbonyl (C=O) groups excluding carboxylic acids is 1. The molecule has 0 aliphatic carbocycles. The van der Waals surface area contributed by atoms with E-state index in [2.05, 4.69) is 10.2 Å². The summed E-state index contributed by atoms with van der Waals surface area (Å²) in [6.45, 7) is 3.25. The number of rotatable bonds is 10. The number of methoxy groups -OCH3 is 3. The van der Waals surface area contributed by atoms with Crippen molar-refractivity contribution in [2.75, 3.05) is 34.9 Å². The summed E-state index contributed by atoms with van der Waals surface area (Å²) in [5.41, 5.74) is 2.07. The third kappa shape index (κ3) is 5.63. The number of carbonyl (C=O) groups is 1. The van der Waals surface area contributed by atoms with Gasteiger partial charge in [-0.05, 0) is 25.6 Å². The van der Waals surface area contributed by atoms with Gasteiger partial charge in [0, 0.05) is 25.1 Å². The highest BCUT2D eigenvalue weighted by Gasteiger charge is 2.17. The van der Waals surface area contributed by atoms with Gasteiger partial charge in [-0.25, -0.2) is 0 Å². The summed E-state index contributed by atoms with van der Waals surface area (Å²) >= 11 is 0. The zero-order valence-corrected chi connectivity index (χ0v) is 17.3. The van der Waals surface area contributed by atoms with Crippen molar-refractivity contribution in [3.63, 3.8) is 0 Å². The van der Waals surface area contributed by atoms with Crippen LogP contribution in [-0.2, 0) is 11.3 Å². The maximum Gasteiger partial charge on any atom is 0.221 e. The van der Waals surface area contributed by atoms with Gasteiger partial charge in [-0.3, -0.25) is 4.79 Å². The standard InChI is InChI=1S/C22H30N2O4/c1-16(17-9-7-6-8-10-17)23-20(25)13-14-24(2)15-18-11-12-19(26-3)22(28-5)21(18)27-4/h6-12,16H,13-15H2,1-5H3,(H,23,25). The van der Waals surface area contributed by atoms with Crippen molar-refractivity contribution in [2.45, 2.75) is 25.9 Å². The molecule has 0 saturated heterocycles. The number of nitrogens with one attached hydrogen (secondary N) is 1. The van der Waals surface area contributed by atoms with Gasteiger partial charge in [0.25, 0.3) is 0 Å². The summed E-state index contributed by atoms with van der Waals surface area (Å²) in [5, 5.41) is 3.04. The second kappa shape index (κ2) is 10.6. The van der Waals surface area contributed by atoms with Crippen LogP contribution in [0.1, 0.15) is 30.5 Å². The molecular formula is C22H30N2O4. The number of hydrogen-bond donors (Lipinski definition) is 1. The van der Waals surface area contributed by atoms with Crippen molar-refractivity contribution >= 4 is 5.91 Å². The molecule has 0 fully saturated rings. The fraction of sp³-hybridized carbons (Fsp3) is 0.409. The van der Waals surface area contributed by atoms with Crippen LogP contribution < -0.4 is 19.5 Å². The summed E-state index contributed by atoms with van der Waals surface area (Å²) in [6.07, 6.45) is 0.420. The highest BCUT2D eigenvalue weighted by atomic mass is 16.5. The van der Waals surface area contributed by atoms with Gasteiger partial charge in [-0.15, -0.1) is 0 Å². The molecule has 0 bridgehead atoms. The number of ether oxygens (including phenoxy) is 3. The van der Waals surface area contributed by atoms with Crippen molar-refractivity contribution in [3.8, 4) is 17.2 Å². The predicted molar refractivity (Wildman–Crippen MR) is 110 cm³/mol. The van der Waals surface area contributed by atoms with Crippen LogP contribution >= 0.6 is 0 Å². The first-order valence-electron chi connectivity index (χ1n) is 9.30. The molecule has 0 aliphatic rings. The topological polar surface area (TPSA) is 60.0 Å². The van der Waals surface area contributed by atoms with Gasteiger partial charge in [0.1, 0.15) is 0 Å². The van der Waals surface area contributed by atoms with Crippen molar-refractivity contribution in [3.05, 3.63) is 53.6 Å². The Bertz CT molecular complexity index is 765. The van der Waals surface area contributed by atoms with Crippen molar-refractivity contribution in [1.29, 1.82) is 0 Å². The summed E-state index contributed by atoms with van der Waals surface area (Å²) in [7, 11) is 6.77. The van der Waals surface area contributed by atoms with E-state index in [1.807, 2.05) is 56.4 Å². The minimum absolute atomic E-state index is 0.00931. The lowest BCUT2D eigenvalue weighted by Crippen LogP contribution is -2.30. The van der Waals surface area contributed by atoms with E-state index in [9.17, 15) is 4.79 Å². The average Bonchev–Trinajstić information content (AvgIpc) is 2.72. The highest BCUT2D eigenvalue weighted by molar-refractivity contribution is 5.76. The Morgan fingerprint density at radius 1 is 1.00 bits per heavy atom. The number of hydrogen-bond acceptors (Lipinski definition) is 5. The smallest absolute Gasteiger partial charge is 0.221 e. The van der Waals surface area contributed by atoms with E-state index in [4.69, 9.17) is 14.2 Å². The second-order valence-corrected chi connectivity index (χ2v) is 6.68. The third-order valence-corrected chi connectivity index (χ3v) is 4.62. The van der Waals surface area contributed by atoms with Crippen LogP contribution in [0, 0.1) is 0 Å². The third-order valence-electron chi connectivity index (χ3n) is 4.62. The van der Waals surface area contributed by atoms with Gasteiger partial charge in [0.15, 0.2) is 11.5 Å². The van der Waals surface area contributed by atoms with Gasteiger partial charge in [-0.1, -0.05) is 36.4 Å². The Kier molecular flexibility index (Phi) is 8.14. The fourth-order valence-electron chi connectivity index (χ4n) is 3.09. The number of amides is 1. The molecule has 0 saturated carbocycles. The summed E-state index contributed by atoms with van der Waals surface area (Å²) in [5.74, 6) is 1.88. The van der Waals surface area contributed by atoms with Crippen LogP contribution in [0.2, 0.25) is 0 Å². The van der Waals surface area contributed by atoms with E-state index in [1.54, 1.807) is 21.3 Å². The quantitative estimate of drug-likeness (QED) is 0.678. The number of nitrogens with zero attached hydrogens (tertiary/aromatic N) is 1. The summed E-state index contributed by atoms with van der Waals surface area (Å²) < 4.78 is 16.3. The second-order valence-electron chi connectivity index (χ2n) is 6.68. The molecule has 0 aromatic heterocycles. The van der Waals surface area contributed by atoms with Crippen molar-refractivity contribution in [1.82, 2.24) is 10.2 Å². The Morgan fingerprint density at radius 2 is 1.68 bits per heavy atom. The molecular weight excluding hydrogens is 356 g/mol. The largest absolute Gasteiger partial charge is 0.493 e. The maximum atomic E-state index is 12.3. The van der Waals surface area contributed by atoms with Crippen LogP contribution in [-0.4, -0.2) is 45.7 Å². The molecule has 2 rings (SSSR count). The maximum absolute atomic E-state index is 12.3. The minimum atomic E-state index is -0.00931. The zero-order chi connectivity index (χ0) is 20.5. The molecule has 0 aliphatic heterocycles. The highest BCUT2D eigenvalue weighted by Crippen LogP contribution is 2.40.